The lowest BCUT2D eigenvalue weighted by atomic mass is 9.94. The molecule has 0 spiro atoms. The number of hydrogen-bond donors (Lipinski definition) is 0. The molecule has 0 saturated carbocycles. The summed E-state index contributed by atoms with van der Waals surface area (Å²) in [5.74, 6) is 0. The Labute approximate surface area is 507 Å². The molecule has 0 aliphatic carbocycles. The van der Waals surface area contributed by atoms with Crippen LogP contribution >= 0.6 is 0 Å². The Morgan fingerprint density at radius 1 is 0.365 bits per heavy atom. The molecule has 0 N–H and O–H groups in total. The number of rotatable bonds is 6. The van der Waals surface area contributed by atoms with Crippen molar-refractivity contribution < 1.29 is 39.3 Å². The van der Waals surface area contributed by atoms with Crippen LogP contribution in [0.3, 0.4) is 0 Å². The van der Waals surface area contributed by atoms with Crippen LogP contribution in [-0.4, -0.2) is 15.0 Å². The van der Waals surface area contributed by atoms with Gasteiger partial charge in [0.05, 0.1) is 16.7 Å². The van der Waals surface area contributed by atoms with Gasteiger partial charge in [-0.2, -0.15) is 0 Å². The van der Waals surface area contributed by atoms with Crippen molar-refractivity contribution >= 4 is 66.2 Å². The smallest absolute Gasteiger partial charge is 0.227 e. The molecule has 6 aromatic carbocycles. The SMILES string of the molecule is Cc1ccc2c(n1)oc1c(-c3cc(-c4ccccc4)cc[n+]3C)c(C)ccc12.[2H]C([2H])([2H])c1c[n+](C)c(-c2c(C)cc(C([2H])([2H])[2H])c3c2oc2ncccc23)cc1-c1ccccc1.[2H]C([2H])([2H])c1cc(C)c(-c2cc(-c3ccccc3)cc[n+]2C)c2oc3ncccc3c12. The van der Waals surface area contributed by atoms with Crippen molar-refractivity contribution in [2.45, 2.75) is 48.3 Å². The fraction of sp³-hybridized carbons (Fsp3) is 0.132. The highest BCUT2D eigenvalue weighted by molar-refractivity contribution is 6.12. The predicted molar refractivity (Wildman–Crippen MR) is 344 cm³/mol. The third-order valence-electron chi connectivity index (χ3n) is 15.9. The molecule has 9 nitrogen and oxygen atoms in total. The molecule has 0 bridgehead atoms. The summed E-state index contributed by atoms with van der Waals surface area (Å²) < 4.78 is 97.6. The normalized spacial score (nSPS) is 13.4. The summed E-state index contributed by atoms with van der Waals surface area (Å²) in [7, 11) is 5.84. The van der Waals surface area contributed by atoms with Crippen LogP contribution in [0.5, 0.6) is 0 Å². The second-order valence-corrected chi connectivity index (χ2v) is 21.6. The minimum atomic E-state index is -2.35. The van der Waals surface area contributed by atoms with Gasteiger partial charge >= 0.3 is 0 Å². The van der Waals surface area contributed by atoms with E-state index in [1.54, 1.807) is 60.5 Å². The summed E-state index contributed by atoms with van der Waals surface area (Å²) in [6.07, 6.45) is 9.00. The Kier molecular flexibility index (Phi) is 11.5. The average molecular weight is 1120 g/mol. The summed E-state index contributed by atoms with van der Waals surface area (Å²) in [5.41, 5.74) is 19.2. The molecule has 0 aliphatic heterocycles. The molecular weight excluding hydrogens is 1040 g/mol. The van der Waals surface area contributed by atoms with Gasteiger partial charge in [-0.3, -0.25) is 0 Å². The minimum Gasteiger partial charge on any atom is -0.437 e. The molecule has 0 unspecified atom stereocenters. The predicted octanol–water partition coefficient (Wildman–Crippen LogP) is 17.6. The second-order valence-electron chi connectivity index (χ2n) is 21.6. The number of hydrogen-bond acceptors (Lipinski definition) is 6. The number of pyridine rings is 6. The van der Waals surface area contributed by atoms with Gasteiger partial charge in [0.1, 0.15) is 21.1 Å². The van der Waals surface area contributed by atoms with Gasteiger partial charge in [0.15, 0.2) is 35.3 Å². The first-order valence-corrected chi connectivity index (χ1v) is 28.1. The number of aryl methyl sites for hydroxylation is 10. The molecule has 9 heterocycles. The topological polar surface area (TPSA) is 89.7 Å². The maximum Gasteiger partial charge on any atom is 0.227 e. The van der Waals surface area contributed by atoms with E-state index >= 15 is 0 Å². The standard InChI is InChI=1S/C26H23N2O.2C25H21N2O/c1-16-13-17(2)24(25-23(16)20-11-8-12-27-26(20)29-25)22-14-21(18(3)15-28(22)4)19-9-6-5-7-10-19;1-16-14-17(2)23(24-22(16)20-10-7-12-26-25(20)28-24)21-15-19(11-13-27(21)3)18-8-5-4-6-9-18;1-16-9-11-20-21-12-10-17(2)26-25(21)28-24(20)23(16)22-15-19(13-14-27(22)3)18-7-5-4-6-8-18/h5-15H,1-4H3;2*4-15H,1-3H3/q3*+1/i1D3,3D3;1D3;. The first-order chi connectivity index (χ1) is 44.9. The summed E-state index contributed by atoms with van der Waals surface area (Å²) in [6, 6.07) is 59.5. The van der Waals surface area contributed by atoms with Gasteiger partial charge in [-0.1, -0.05) is 115 Å². The van der Waals surface area contributed by atoms with E-state index in [2.05, 4.69) is 119 Å². The van der Waals surface area contributed by atoms with Crippen molar-refractivity contribution in [3.63, 3.8) is 0 Å². The molecule has 0 aliphatic rings. The van der Waals surface area contributed by atoms with Crippen molar-refractivity contribution in [3.8, 4) is 67.2 Å². The van der Waals surface area contributed by atoms with E-state index in [4.69, 9.17) is 25.6 Å². The summed E-state index contributed by atoms with van der Waals surface area (Å²) in [4.78, 5) is 13.2. The van der Waals surface area contributed by atoms with Crippen LogP contribution in [0.4, 0.5) is 0 Å². The number of benzene rings is 6. The van der Waals surface area contributed by atoms with Crippen molar-refractivity contribution in [2.24, 2.45) is 21.1 Å². The van der Waals surface area contributed by atoms with Crippen LogP contribution in [-0.2, 0) is 21.1 Å². The molecule has 0 atom stereocenters. The molecule has 15 aromatic rings. The molecule has 15 rings (SSSR count). The quantitative estimate of drug-likeness (QED) is 0.154. The zero-order chi connectivity index (χ0) is 66.1. The zero-order valence-corrected chi connectivity index (χ0v) is 48.1. The van der Waals surface area contributed by atoms with Crippen LogP contribution in [0.2, 0.25) is 0 Å². The van der Waals surface area contributed by atoms with E-state index in [9.17, 15) is 0 Å². The van der Waals surface area contributed by atoms with Gasteiger partial charge < -0.3 is 13.3 Å². The molecule has 9 aromatic heterocycles. The minimum absolute atomic E-state index is 0.200. The van der Waals surface area contributed by atoms with Crippen LogP contribution in [0.25, 0.3) is 133 Å². The lowest BCUT2D eigenvalue weighted by Crippen LogP contribution is -2.31. The molecular formula is C76H65N6O3+3. The molecule has 85 heavy (non-hydrogen) atoms. The maximum absolute atomic E-state index is 8.13. The maximum atomic E-state index is 8.13. The molecule has 0 fully saturated rings. The number of furan rings is 3. The Morgan fingerprint density at radius 3 is 1.35 bits per heavy atom. The Hall–Kier alpha value is -10.4. The van der Waals surface area contributed by atoms with Gasteiger partial charge in [0, 0.05) is 98.6 Å². The lowest BCUT2D eigenvalue weighted by molar-refractivity contribution is -0.660. The van der Waals surface area contributed by atoms with Gasteiger partial charge in [-0.05, 0) is 146 Å². The zero-order valence-electron chi connectivity index (χ0n) is 57.1. The highest BCUT2D eigenvalue weighted by Crippen LogP contribution is 2.42. The largest absolute Gasteiger partial charge is 0.437 e. The first kappa shape index (κ1) is 44.2. The Bertz CT molecular complexity index is 5430. The van der Waals surface area contributed by atoms with Crippen LogP contribution in [0, 0.1) is 48.3 Å². The molecule has 0 saturated heterocycles. The van der Waals surface area contributed by atoms with Gasteiger partial charge in [-0.15, -0.1) is 0 Å². The monoisotopic (exact) mass is 1120 g/mol. The van der Waals surface area contributed by atoms with Crippen LogP contribution in [0.15, 0.2) is 226 Å². The van der Waals surface area contributed by atoms with Gasteiger partial charge in [0.25, 0.3) is 0 Å². The number of nitrogens with zero attached hydrogens (tertiary/aromatic N) is 6. The van der Waals surface area contributed by atoms with Crippen LogP contribution in [0.1, 0.15) is 51.4 Å². The number of aromatic nitrogens is 6. The Morgan fingerprint density at radius 2 is 0.835 bits per heavy atom. The fourth-order valence-corrected chi connectivity index (χ4v) is 11.7. The van der Waals surface area contributed by atoms with E-state index in [1.807, 2.05) is 111 Å². The van der Waals surface area contributed by atoms with E-state index in [0.29, 0.717) is 72.2 Å². The Balaban J connectivity index is 0.000000129. The third-order valence-corrected chi connectivity index (χ3v) is 15.9. The van der Waals surface area contributed by atoms with Crippen molar-refractivity contribution in [3.05, 3.63) is 252 Å². The highest BCUT2D eigenvalue weighted by Gasteiger charge is 2.27. The summed E-state index contributed by atoms with van der Waals surface area (Å²) >= 11 is 0. The van der Waals surface area contributed by atoms with Gasteiger partial charge in [-0.25, -0.2) is 28.7 Å². The number of fused-ring (bicyclic) bond motifs is 9. The van der Waals surface area contributed by atoms with E-state index in [-0.39, 0.29) is 16.7 Å². The van der Waals surface area contributed by atoms with E-state index < -0.39 is 20.6 Å². The van der Waals surface area contributed by atoms with Crippen molar-refractivity contribution in [2.75, 3.05) is 0 Å². The molecule has 9 heteroatoms. The van der Waals surface area contributed by atoms with E-state index in [0.717, 1.165) is 66.8 Å². The lowest BCUT2D eigenvalue weighted by Gasteiger charge is -2.11. The summed E-state index contributed by atoms with van der Waals surface area (Å²) in [5, 5.41) is 4.60. The van der Waals surface area contributed by atoms with Crippen molar-refractivity contribution in [1.82, 2.24) is 15.0 Å². The van der Waals surface area contributed by atoms with E-state index in [1.165, 1.54) is 16.7 Å². The highest BCUT2D eigenvalue weighted by atomic mass is 16.3. The van der Waals surface area contributed by atoms with Gasteiger partial charge in [0.2, 0.25) is 34.2 Å². The molecule has 414 valence electrons. The third kappa shape index (κ3) is 9.87. The molecule has 0 radical (unpaired) electrons. The molecule has 0 amide bonds. The first-order valence-electron chi connectivity index (χ1n) is 32.6. The fourth-order valence-electron chi connectivity index (χ4n) is 11.7. The van der Waals surface area contributed by atoms with Crippen molar-refractivity contribution in [1.29, 1.82) is 0 Å². The summed E-state index contributed by atoms with van der Waals surface area (Å²) in [6.45, 7) is 0.960. The average Bonchev–Trinajstić information content (AvgIpc) is 1.42. The van der Waals surface area contributed by atoms with Crippen LogP contribution < -0.4 is 13.7 Å². The second kappa shape index (κ2) is 22.1.